The van der Waals surface area contributed by atoms with Crippen LogP contribution in [0.4, 0.5) is 10.2 Å². The minimum absolute atomic E-state index is 0.334. The minimum Gasteiger partial charge on any atom is -0.382 e. The van der Waals surface area contributed by atoms with Crippen molar-refractivity contribution in [3.63, 3.8) is 0 Å². The number of anilines is 1. The average Bonchev–Trinajstić information content (AvgIpc) is 3.09. The van der Waals surface area contributed by atoms with Crippen LogP contribution in [0.15, 0.2) is 18.2 Å². The number of H-pyrrole nitrogens is 1. The Bertz CT molecular complexity index is 665. The van der Waals surface area contributed by atoms with Gasteiger partial charge in [-0.15, -0.1) is 0 Å². The molecule has 2 fully saturated rings. The number of benzene rings is 1. The smallest absolute Gasteiger partial charge is 0.153 e. The van der Waals surface area contributed by atoms with Gasteiger partial charge in [0.15, 0.2) is 5.82 Å². The highest BCUT2D eigenvalue weighted by molar-refractivity contribution is 6.33. The molecule has 0 bridgehead atoms. The van der Waals surface area contributed by atoms with Crippen molar-refractivity contribution < 1.29 is 4.39 Å². The number of nitrogen functional groups attached to an aromatic ring is 1. The lowest BCUT2D eigenvalue weighted by Crippen LogP contribution is -1.94. The lowest BCUT2D eigenvalue weighted by molar-refractivity contribution is 0.480. The van der Waals surface area contributed by atoms with Crippen molar-refractivity contribution in [3.05, 3.63) is 34.7 Å². The molecular formula is C16H17ClFN3. The molecule has 2 aliphatic rings. The first-order chi connectivity index (χ1) is 10.2. The van der Waals surface area contributed by atoms with Gasteiger partial charge in [-0.25, -0.2) is 4.39 Å². The number of nitrogens with one attached hydrogen (secondary N) is 1. The molecule has 2 aliphatic carbocycles. The van der Waals surface area contributed by atoms with Gasteiger partial charge in [-0.05, 0) is 36.8 Å². The van der Waals surface area contributed by atoms with Crippen molar-refractivity contribution >= 4 is 17.4 Å². The number of halogens is 2. The Balaban J connectivity index is 1.82. The molecule has 2 saturated carbocycles. The summed E-state index contributed by atoms with van der Waals surface area (Å²) in [5, 5.41) is 7.55. The molecule has 3 N–H and O–H groups in total. The summed E-state index contributed by atoms with van der Waals surface area (Å²) < 4.78 is 14.2. The average molecular weight is 306 g/mol. The van der Waals surface area contributed by atoms with E-state index in [2.05, 4.69) is 10.2 Å². The Kier molecular flexibility index (Phi) is 2.96. The van der Waals surface area contributed by atoms with E-state index in [-0.39, 0.29) is 5.82 Å². The highest BCUT2D eigenvalue weighted by atomic mass is 35.5. The van der Waals surface area contributed by atoms with Gasteiger partial charge in [0.2, 0.25) is 0 Å². The Morgan fingerprint density at radius 3 is 2.57 bits per heavy atom. The number of hydrogen-bond donors (Lipinski definition) is 2. The first kappa shape index (κ1) is 13.1. The van der Waals surface area contributed by atoms with Crippen molar-refractivity contribution in [2.45, 2.75) is 31.6 Å². The minimum atomic E-state index is -0.347. The SMILES string of the molecule is Nc1n[nH]c(C2C3CCCCC32)c1-c1c(F)cccc1Cl. The largest absolute Gasteiger partial charge is 0.382 e. The van der Waals surface area contributed by atoms with Gasteiger partial charge in [0.1, 0.15) is 5.82 Å². The molecule has 0 amide bonds. The molecule has 0 saturated heterocycles. The Morgan fingerprint density at radius 2 is 1.90 bits per heavy atom. The van der Waals surface area contributed by atoms with Crippen LogP contribution in [-0.2, 0) is 0 Å². The standard InChI is InChI=1S/C16H17ClFN3/c17-10-6-3-7-11(18)13(10)14-15(20-21-16(14)19)12-8-4-1-2-5-9(8)12/h3,6-9,12H,1-2,4-5H2,(H3,19,20,21). The zero-order valence-electron chi connectivity index (χ0n) is 11.6. The molecule has 0 radical (unpaired) electrons. The van der Waals surface area contributed by atoms with E-state index in [9.17, 15) is 4.39 Å². The second-order valence-corrected chi connectivity index (χ2v) is 6.54. The van der Waals surface area contributed by atoms with Crippen molar-refractivity contribution in [2.75, 3.05) is 5.73 Å². The van der Waals surface area contributed by atoms with Crippen LogP contribution in [0, 0.1) is 17.7 Å². The molecule has 2 aromatic rings. The lowest BCUT2D eigenvalue weighted by atomic mass is 10.0. The van der Waals surface area contributed by atoms with E-state index in [0.717, 1.165) is 5.69 Å². The highest BCUT2D eigenvalue weighted by Gasteiger charge is 2.53. The summed E-state index contributed by atoms with van der Waals surface area (Å²) in [6.45, 7) is 0. The number of hydrogen-bond acceptors (Lipinski definition) is 2. The fraction of sp³-hybridized carbons (Fsp3) is 0.438. The predicted molar refractivity (Wildman–Crippen MR) is 81.6 cm³/mol. The topological polar surface area (TPSA) is 54.7 Å². The summed E-state index contributed by atoms with van der Waals surface area (Å²) in [5.74, 6) is 1.81. The Hall–Kier alpha value is -1.55. The van der Waals surface area contributed by atoms with Crippen molar-refractivity contribution in [3.8, 4) is 11.1 Å². The molecule has 1 aromatic heterocycles. The maximum Gasteiger partial charge on any atom is 0.153 e. The van der Waals surface area contributed by atoms with Crippen molar-refractivity contribution in [1.82, 2.24) is 10.2 Å². The predicted octanol–water partition coefficient (Wildman–Crippen LogP) is 4.36. The third-order valence-corrected chi connectivity index (χ3v) is 5.34. The molecule has 1 aromatic carbocycles. The quantitative estimate of drug-likeness (QED) is 0.866. The van der Waals surface area contributed by atoms with Crippen LogP contribution in [-0.4, -0.2) is 10.2 Å². The van der Waals surface area contributed by atoms with Gasteiger partial charge < -0.3 is 5.73 Å². The number of nitrogens with two attached hydrogens (primary N) is 1. The monoisotopic (exact) mass is 305 g/mol. The fourth-order valence-corrected chi connectivity index (χ4v) is 4.29. The molecule has 1 heterocycles. The summed E-state index contributed by atoms with van der Waals surface area (Å²) in [7, 11) is 0. The molecule has 0 spiro atoms. The molecule has 2 atom stereocenters. The van der Waals surface area contributed by atoms with Crippen LogP contribution in [0.25, 0.3) is 11.1 Å². The Morgan fingerprint density at radius 1 is 1.19 bits per heavy atom. The molecule has 5 heteroatoms. The van der Waals surface area contributed by atoms with Crippen LogP contribution < -0.4 is 5.73 Å². The summed E-state index contributed by atoms with van der Waals surface area (Å²) in [6.07, 6.45) is 5.07. The van der Waals surface area contributed by atoms with Crippen LogP contribution in [0.5, 0.6) is 0 Å². The first-order valence-corrected chi connectivity index (χ1v) is 7.84. The fourth-order valence-electron chi connectivity index (χ4n) is 4.03. The molecule has 4 rings (SSSR count). The summed E-state index contributed by atoms with van der Waals surface area (Å²) in [6, 6.07) is 4.71. The van der Waals surface area contributed by atoms with E-state index >= 15 is 0 Å². The van der Waals surface area contributed by atoms with Gasteiger partial charge >= 0.3 is 0 Å². The summed E-state index contributed by atoms with van der Waals surface area (Å²) in [4.78, 5) is 0. The van der Waals surface area contributed by atoms with Crippen LogP contribution >= 0.6 is 11.6 Å². The second-order valence-electron chi connectivity index (χ2n) is 6.13. The zero-order valence-corrected chi connectivity index (χ0v) is 12.3. The number of rotatable bonds is 2. The maximum absolute atomic E-state index is 14.2. The zero-order chi connectivity index (χ0) is 14.6. The van der Waals surface area contributed by atoms with Crippen molar-refractivity contribution in [2.24, 2.45) is 11.8 Å². The van der Waals surface area contributed by atoms with Gasteiger partial charge in [0, 0.05) is 17.2 Å². The van der Waals surface area contributed by atoms with E-state index < -0.39 is 0 Å². The molecular weight excluding hydrogens is 289 g/mol. The van der Waals surface area contributed by atoms with Gasteiger partial charge in [0.05, 0.1) is 10.6 Å². The molecule has 3 nitrogen and oxygen atoms in total. The highest BCUT2D eigenvalue weighted by Crippen LogP contribution is 2.62. The van der Waals surface area contributed by atoms with Crippen molar-refractivity contribution in [1.29, 1.82) is 0 Å². The summed E-state index contributed by atoms with van der Waals surface area (Å²) in [5.41, 5.74) is 8.01. The van der Waals surface area contributed by atoms with Gasteiger partial charge in [-0.1, -0.05) is 30.5 Å². The molecule has 2 unspecified atom stereocenters. The number of fused-ring (bicyclic) bond motifs is 1. The van der Waals surface area contributed by atoms with Crippen LogP contribution in [0.2, 0.25) is 5.02 Å². The molecule has 0 aliphatic heterocycles. The third kappa shape index (κ3) is 1.96. The normalized spacial score (nSPS) is 27.4. The van der Waals surface area contributed by atoms with E-state index in [4.69, 9.17) is 17.3 Å². The van der Waals surface area contributed by atoms with Crippen LogP contribution in [0.1, 0.15) is 37.3 Å². The van der Waals surface area contributed by atoms with E-state index in [1.54, 1.807) is 12.1 Å². The second kappa shape index (κ2) is 4.73. The number of nitrogens with zero attached hydrogens (tertiary/aromatic N) is 1. The molecule has 110 valence electrons. The number of aromatic amines is 1. The van der Waals surface area contributed by atoms with Gasteiger partial charge in [-0.2, -0.15) is 5.10 Å². The molecule has 21 heavy (non-hydrogen) atoms. The lowest BCUT2D eigenvalue weighted by Gasteiger charge is -2.08. The number of aromatic nitrogens is 2. The Labute approximate surface area is 127 Å². The summed E-state index contributed by atoms with van der Waals surface area (Å²) >= 11 is 6.21. The van der Waals surface area contributed by atoms with E-state index in [1.165, 1.54) is 31.7 Å². The maximum atomic E-state index is 14.2. The van der Waals surface area contributed by atoms with E-state index in [1.807, 2.05) is 0 Å². The van der Waals surface area contributed by atoms with Gasteiger partial charge in [0.25, 0.3) is 0 Å². The van der Waals surface area contributed by atoms with E-state index in [0.29, 0.717) is 39.7 Å². The van der Waals surface area contributed by atoms with Gasteiger partial charge in [-0.3, -0.25) is 5.10 Å². The first-order valence-electron chi connectivity index (χ1n) is 7.46. The third-order valence-electron chi connectivity index (χ3n) is 5.02. The van der Waals surface area contributed by atoms with Crippen LogP contribution in [0.3, 0.4) is 0 Å².